The maximum Gasteiger partial charge on any atom is 0.328 e. The summed E-state index contributed by atoms with van der Waals surface area (Å²) in [6.45, 7) is -0.452. The van der Waals surface area contributed by atoms with Gasteiger partial charge in [-0.25, -0.2) is 4.79 Å². The van der Waals surface area contributed by atoms with Gasteiger partial charge in [-0.3, -0.25) is 28.8 Å². The number of carbonyl (C=O) groups is 7. The predicted molar refractivity (Wildman–Crippen MR) is 233 cm³/mol. The zero-order chi connectivity index (χ0) is 44.7. The van der Waals surface area contributed by atoms with Crippen LogP contribution in [0.15, 0.2) is 127 Å². The standard InChI is InChI=1S/C47H47N5O10S/c1-61-47(60)40(27-42(54)55)52-45(58)38-25-31-16-20-34(21-17-31)62-28-41(53)48-39(26-35-13-8-22-63-35)46(59)51-37(24-30-14-18-33(19-15-30)32-11-6-3-7-12-32)44(57)49-36(43(56)50-38)23-29-9-4-2-5-10-29/h2-22,36-40H,23-28H2,1H3,(H,48,53)(H,49,57)(H,50,56)(H,51,59)(H,52,58)(H,54,55). The average Bonchev–Trinajstić information content (AvgIpc) is 3.81. The minimum absolute atomic E-state index is 0.00734. The molecular weight excluding hydrogens is 827 g/mol. The number of fused-ring (bicyclic) bond motifs is 16. The zero-order valence-electron chi connectivity index (χ0n) is 34.3. The van der Waals surface area contributed by atoms with Crippen LogP contribution in [0.2, 0.25) is 0 Å². The van der Waals surface area contributed by atoms with E-state index in [-0.39, 0.29) is 25.7 Å². The number of methoxy groups -OCH3 is 1. The Kier molecular flexibility index (Phi) is 15.8. The number of rotatable bonds is 12. The summed E-state index contributed by atoms with van der Waals surface area (Å²) in [4.78, 5) is 95.5. The summed E-state index contributed by atoms with van der Waals surface area (Å²) >= 11 is 1.40. The number of aliphatic carboxylic acids is 1. The third-order valence-electron chi connectivity index (χ3n) is 10.2. The van der Waals surface area contributed by atoms with Crippen molar-refractivity contribution < 1.29 is 48.1 Å². The topological polar surface area (TPSA) is 218 Å². The fourth-order valence-electron chi connectivity index (χ4n) is 6.96. The molecule has 0 aliphatic carbocycles. The summed E-state index contributed by atoms with van der Waals surface area (Å²) in [6, 6.07) is 29.4. The number of hydrogen-bond donors (Lipinski definition) is 6. The first-order valence-electron chi connectivity index (χ1n) is 20.2. The quantitative estimate of drug-likeness (QED) is 0.0795. The van der Waals surface area contributed by atoms with Gasteiger partial charge in [-0.05, 0) is 51.4 Å². The lowest BCUT2D eigenvalue weighted by Crippen LogP contribution is -2.60. The van der Waals surface area contributed by atoms with Gasteiger partial charge in [0.25, 0.3) is 5.91 Å². The third-order valence-corrected chi connectivity index (χ3v) is 11.1. The molecule has 63 heavy (non-hydrogen) atoms. The van der Waals surface area contributed by atoms with E-state index in [0.29, 0.717) is 22.4 Å². The molecule has 3 heterocycles. The highest BCUT2D eigenvalue weighted by Gasteiger charge is 2.34. The molecule has 6 N–H and O–H groups in total. The van der Waals surface area contributed by atoms with Gasteiger partial charge in [0.15, 0.2) is 6.61 Å². The molecule has 5 amide bonds. The largest absolute Gasteiger partial charge is 0.484 e. The van der Waals surface area contributed by atoms with Crippen molar-refractivity contribution >= 4 is 52.8 Å². The highest BCUT2D eigenvalue weighted by atomic mass is 32.1. The van der Waals surface area contributed by atoms with Crippen molar-refractivity contribution in [2.45, 2.75) is 62.3 Å². The number of amides is 5. The number of carboxylic acid groups (broad SMARTS) is 1. The van der Waals surface area contributed by atoms with Gasteiger partial charge in [0, 0.05) is 30.6 Å². The molecule has 326 valence electrons. The third kappa shape index (κ3) is 13.3. The maximum absolute atomic E-state index is 14.6. The van der Waals surface area contributed by atoms with Crippen molar-refractivity contribution in [3.8, 4) is 16.9 Å². The van der Waals surface area contributed by atoms with E-state index in [9.17, 15) is 38.7 Å². The fourth-order valence-corrected chi connectivity index (χ4v) is 7.71. The van der Waals surface area contributed by atoms with Gasteiger partial charge in [-0.1, -0.05) is 103 Å². The van der Waals surface area contributed by atoms with Gasteiger partial charge in [0.05, 0.1) is 13.5 Å². The number of esters is 1. The molecular formula is C47H47N5O10S. The van der Waals surface area contributed by atoms with E-state index in [1.165, 1.54) is 11.3 Å². The fraction of sp³-hybridized carbons (Fsp3) is 0.255. The molecule has 7 rings (SSSR count). The molecule has 5 unspecified atom stereocenters. The van der Waals surface area contributed by atoms with E-state index >= 15 is 0 Å². The number of benzene rings is 4. The summed E-state index contributed by atoms with van der Waals surface area (Å²) in [5.74, 6) is -5.74. The Morgan fingerprint density at radius 3 is 1.86 bits per heavy atom. The number of carbonyl (C=O) groups excluding carboxylic acids is 6. The van der Waals surface area contributed by atoms with Crippen molar-refractivity contribution in [3.05, 3.63) is 148 Å². The van der Waals surface area contributed by atoms with Gasteiger partial charge in [-0.2, -0.15) is 0 Å². The van der Waals surface area contributed by atoms with Crippen LogP contribution in [0.25, 0.3) is 11.1 Å². The molecule has 2 bridgehead atoms. The summed E-state index contributed by atoms with van der Waals surface area (Å²) in [7, 11) is 1.05. The molecule has 0 spiro atoms. The first-order valence-corrected chi connectivity index (χ1v) is 21.0. The smallest absolute Gasteiger partial charge is 0.328 e. The zero-order valence-corrected chi connectivity index (χ0v) is 35.1. The van der Waals surface area contributed by atoms with Crippen LogP contribution in [0.1, 0.15) is 28.0 Å². The Labute approximate surface area is 367 Å². The normalized spacial score (nSPS) is 19.0. The number of ether oxygens (including phenoxy) is 2. The van der Waals surface area contributed by atoms with Crippen molar-refractivity contribution in [2.24, 2.45) is 0 Å². The van der Waals surface area contributed by atoms with Gasteiger partial charge < -0.3 is 41.2 Å². The van der Waals surface area contributed by atoms with Gasteiger partial charge in [0.2, 0.25) is 23.6 Å². The Bertz CT molecular complexity index is 2360. The number of carboxylic acids is 1. The minimum atomic E-state index is -1.58. The van der Waals surface area contributed by atoms with Crippen LogP contribution in [0.4, 0.5) is 0 Å². The monoisotopic (exact) mass is 873 g/mol. The molecule has 0 fully saturated rings. The molecule has 5 aromatic rings. The van der Waals surface area contributed by atoms with Crippen molar-refractivity contribution in [2.75, 3.05) is 13.7 Å². The molecule has 5 atom stereocenters. The lowest BCUT2D eigenvalue weighted by Gasteiger charge is -2.27. The summed E-state index contributed by atoms with van der Waals surface area (Å²) in [5, 5.41) is 24.8. The Hall–Kier alpha value is -7.33. The van der Waals surface area contributed by atoms with Gasteiger partial charge in [-0.15, -0.1) is 11.3 Å². The molecule has 16 heteroatoms. The lowest BCUT2D eigenvalue weighted by atomic mass is 9.99. The molecule has 2 aliphatic heterocycles. The second kappa shape index (κ2) is 22.0. The predicted octanol–water partition coefficient (Wildman–Crippen LogP) is 3.15. The molecule has 0 saturated carbocycles. The van der Waals surface area contributed by atoms with E-state index in [2.05, 4.69) is 26.6 Å². The molecule has 0 saturated heterocycles. The average molecular weight is 874 g/mol. The Balaban J connectivity index is 1.36. The molecule has 15 nitrogen and oxygen atoms in total. The van der Waals surface area contributed by atoms with E-state index in [1.807, 2.05) is 72.1 Å². The highest BCUT2D eigenvalue weighted by Crippen LogP contribution is 2.21. The van der Waals surface area contributed by atoms with Crippen molar-refractivity contribution in [1.82, 2.24) is 26.6 Å². The van der Waals surface area contributed by atoms with E-state index in [1.54, 1.807) is 54.6 Å². The second-order valence-corrected chi connectivity index (χ2v) is 15.9. The Morgan fingerprint density at radius 1 is 0.698 bits per heavy atom. The molecule has 0 radical (unpaired) electrons. The minimum Gasteiger partial charge on any atom is -0.484 e. The first-order chi connectivity index (χ1) is 30.4. The highest BCUT2D eigenvalue weighted by molar-refractivity contribution is 7.09. The number of nitrogens with one attached hydrogen (secondary N) is 5. The van der Waals surface area contributed by atoms with Crippen LogP contribution < -0.4 is 31.3 Å². The van der Waals surface area contributed by atoms with Crippen molar-refractivity contribution in [1.29, 1.82) is 0 Å². The maximum atomic E-state index is 14.6. The van der Waals surface area contributed by atoms with E-state index in [0.717, 1.165) is 23.1 Å². The van der Waals surface area contributed by atoms with Crippen LogP contribution in [-0.4, -0.2) is 90.5 Å². The van der Waals surface area contributed by atoms with E-state index in [4.69, 9.17) is 9.47 Å². The molecule has 1 aromatic heterocycles. The van der Waals surface area contributed by atoms with Crippen LogP contribution in [-0.2, 0) is 64.0 Å². The number of hydrogen-bond acceptors (Lipinski definition) is 10. The van der Waals surface area contributed by atoms with Gasteiger partial charge in [0.1, 0.15) is 36.0 Å². The van der Waals surface area contributed by atoms with Crippen LogP contribution in [0, 0.1) is 0 Å². The summed E-state index contributed by atoms with van der Waals surface area (Å²) in [5.41, 5.74) is 3.79. The molecule has 4 aromatic carbocycles. The first kappa shape index (κ1) is 45.2. The van der Waals surface area contributed by atoms with Crippen LogP contribution in [0.5, 0.6) is 5.75 Å². The van der Waals surface area contributed by atoms with Crippen LogP contribution in [0.3, 0.4) is 0 Å². The Morgan fingerprint density at radius 2 is 1.27 bits per heavy atom. The lowest BCUT2D eigenvalue weighted by molar-refractivity contribution is -0.149. The second-order valence-electron chi connectivity index (χ2n) is 14.9. The van der Waals surface area contributed by atoms with Gasteiger partial charge >= 0.3 is 11.9 Å². The molecule has 2 aliphatic rings. The summed E-state index contributed by atoms with van der Waals surface area (Å²) in [6.07, 6.45) is -0.858. The number of thiophene rings is 1. The van der Waals surface area contributed by atoms with Crippen molar-refractivity contribution in [3.63, 3.8) is 0 Å². The summed E-state index contributed by atoms with van der Waals surface area (Å²) < 4.78 is 10.5. The SMILES string of the molecule is COC(=O)C(CC(=O)O)NC(=O)C1Cc2ccc(cc2)OCC(=O)NC(Cc2cccs2)C(=O)NC(Cc2ccc(-c3ccccc3)cc2)C(=O)NC(Cc2ccccc2)C(=O)N1. The van der Waals surface area contributed by atoms with Crippen LogP contribution >= 0.6 is 11.3 Å². The van der Waals surface area contributed by atoms with E-state index < -0.39 is 84.7 Å².